The van der Waals surface area contributed by atoms with Crippen molar-refractivity contribution in [3.63, 3.8) is 0 Å². The van der Waals surface area contributed by atoms with Gasteiger partial charge in [0.1, 0.15) is 11.4 Å². The van der Waals surface area contributed by atoms with E-state index in [0.717, 1.165) is 50.4 Å². The minimum atomic E-state index is -0.341. The Kier molecular flexibility index (Phi) is 10.1. The number of amides is 1. The van der Waals surface area contributed by atoms with E-state index >= 15 is 0 Å². The van der Waals surface area contributed by atoms with E-state index in [0.29, 0.717) is 22.7 Å². The molecule has 2 heterocycles. The zero-order valence-electron chi connectivity index (χ0n) is 24.8. The van der Waals surface area contributed by atoms with Crippen LogP contribution in [0.4, 0.5) is 28.7 Å². The Morgan fingerprint density at radius 2 is 1.81 bits per heavy atom. The van der Waals surface area contributed by atoms with Crippen LogP contribution in [0.3, 0.4) is 0 Å². The van der Waals surface area contributed by atoms with Crippen LogP contribution in [0, 0.1) is 0 Å². The van der Waals surface area contributed by atoms with Gasteiger partial charge in [-0.1, -0.05) is 6.58 Å². The van der Waals surface area contributed by atoms with Gasteiger partial charge in [0.15, 0.2) is 0 Å². The van der Waals surface area contributed by atoms with Crippen LogP contribution < -0.4 is 30.9 Å². The third kappa shape index (κ3) is 7.62. The van der Waals surface area contributed by atoms with E-state index in [-0.39, 0.29) is 29.4 Å². The van der Waals surface area contributed by atoms with Crippen LogP contribution in [0.15, 0.2) is 61.3 Å². The van der Waals surface area contributed by atoms with E-state index in [1.807, 2.05) is 56.4 Å². The third-order valence-electron chi connectivity index (χ3n) is 7.22. The highest BCUT2D eigenvalue weighted by molar-refractivity contribution is 6.08. The molecule has 11 heteroatoms. The van der Waals surface area contributed by atoms with Gasteiger partial charge < -0.3 is 35.8 Å². The smallest absolute Gasteiger partial charge is 0.247 e. The Morgan fingerprint density at radius 3 is 2.45 bits per heavy atom. The number of nitrogens with two attached hydrogens (primary N) is 1. The lowest BCUT2D eigenvalue weighted by atomic mass is 10.0. The van der Waals surface area contributed by atoms with Gasteiger partial charge in [-0.05, 0) is 69.4 Å². The number of methoxy groups -OCH3 is 1. The average molecular weight is 573 g/mol. The number of carbonyl (C=O) groups excluding carboxylic acids is 2. The topological polar surface area (TPSA) is 129 Å². The molecule has 1 saturated heterocycles. The van der Waals surface area contributed by atoms with Crippen molar-refractivity contribution in [2.75, 3.05) is 74.9 Å². The highest BCUT2D eigenvalue weighted by Gasteiger charge is 2.19. The molecule has 0 aliphatic carbocycles. The summed E-state index contributed by atoms with van der Waals surface area (Å²) in [7, 11) is 7.51. The molecule has 1 amide bonds. The zero-order chi connectivity index (χ0) is 30.2. The van der Waals surface area contributed by atoms with E-state index in [1.165, 1.54) is 12.3 Å². The molecule has 1 fully saturated rings. The lowest BCUT2D eigenvalue weighted by Crippen LogP contribution is -2.39. The Labute approximate surface area is 247 Å². The Hall–Kier alpha value is -4.48. The van der Waals surface area contributed by atoms with Crippen molar-refractivity contribution in [3.8, 4) is 5.75 Å². The minimum absolute atomic E-state index is 0.212. The molecule has 0 spiro atoms. The number of ether oxygens (including phenoxy) is 1. The molecule has 11 nitrogen and oxygen atoms in total. The molecule has 4 N–H and O–H groups in total. The third-order valence-corrected chi connectivity index (χ3v) is 7.22. The molecule has 222 valence electrons. The number of rotatable bonds is 12. The summed E-state index contributed by atoms with van der Waals surface area (Å²) in [6.45, 7) is 6.92. The number of hydrogen-bond acceptors (Lipinski definition) is 10. The number of nitrogens with zero attached hydrogens (tertiary/aromatic N) is 5. The van der Waals surface area contributed by atoms with Crippen molar-refractivity contribution in [1.82, 2.24) is 14.9 Å². The first-order valence-electron chi connectivity index (χ1n) is 13.9. The second kappa shape index (κ2) is 13.9. The molecule has 0 atom stereocenters. The zero-order valence-corrected chi connectivity index (χ0v) is 24.8. The number of carbonyl (C=O) groups is 2. The number of hydrogen-bond donors (Lipinski definition) is 3. The lowest BCUT2D eigenvalue weighted by molar-refractivity contribution is -0.111. The Balaban J connectivity index is 1.56. The van der Waals surface area contributed by atoms with E-state index in [9.17, 15) is 9.59 Å². The Bertz CT molecular complexity index is 1400. The van der Waals surface area contributed by atoms with Crippen LogP contribution in [0.5, 0.6) is 5.75 Å². The number of benzene rings is 2. The summed E-state index contributed by atoms with van der Waals surface area (Å²) in [6, 6.07) is 13.0. The molecule has 0 saturated carbocycles. The quantitative estimate of drug-likeness (QED) is 0.219. The number of piperidine rings is 1. The van der Waals surface area contributed by atoms with Gasteiger partial charge in [-0.3, -0.25) is 9.59 Å². The highest BCUT2D eigenvalue weighted by atomic mass is 16.5. The van der Waals surface area contributed by atoms with Crippen LogP contribution in [0.1, 0.15) is 28.9 Å². The van der Waals surface area contributed by atoms with Crippen molar-refractivity contribution in [3.05, 3.63) is 72.6 Å². The lowest BCUT2D eigenvalue weighted by Gasteiger charge is -2.32. The van der Waals surface area contributed by atoms with Gasteiger partial charge in [0, 0.05) is 62.8 Å². The molecule has 3 aromatic rings. The fraction of sp³-hybridized carbons (Fsp3) is 0.355. The average Bonchev–Trinajstić information content (AvgIpc) is 3.00. The highest BCUT2D eigenvalue weighted by Crippen LogP contribution is 2.38. The van der Waals surface area contributed by atoms with Gasteiger partial charge in [-0.25, -0.2) is 9.97 Å². The molecule has 42 heavy (non-hydrogen) atoms. The molecule has 4 rings (SSSR count). The number of aromatic nitrogens is 2. The standard InChI is InChI=1S/C31H40N8O3/c1-6-29(40)34-25-19-26(28(42-5)20-27(25)38(4)18-17-37(2)3)36-31-33-14-11-24(35-31)30(41)21-7-9-23(10-8-21)39-15-12-22(32)13-16-39/h6-11,14,19-20,22H,1,12-13,15-18,32H2,2-5H3,(H,34,40)(H,33,35,36). The van der Waals surface area contributed by atoms with E-state index in [4.69, 9.17) is 10.5 Å². The molecule has 1 aliphatic rings. The maximum Gasteiger partial charge on any atom is 0.247 e. The first kappa shape index (κ1) is 30.5. The maximum atomic E-state index is 13.3. The summed E-state index contributed by atoms with van der Waals surface area (Å²) in [5.74, 6) is 0.187. The molecule has 1 aliphatic heterocycles. The van der Waals surface area contributed by atoms with E-state index in [2.05, 4.69) is 37.0 Å². The summed E-state index contributed by atoms with van der Waals surface area (Å²) in [5.41, 5.74) is 9.76. The number of anilines is 5. The first-order chi connectivity index (χ1) is 20.2. The van der Waals surface area contributed by atoms with Crippen LogP contribution >= 0.6 is 0 Å². The molecular weight excluding hydrogens is 532 g/mol. The van der Waals surface area contributed by atoms with Gasteiger partial charge in [0.25, 0.3) is 0 Å². The Morgan fingerprint density at radius 1 is 1.10 bits per heavy atom. The van der Waals surface area contributed by atoms with Crippen LogP contribution in [-0.4, -0.2) is 87.0 Å². The molecule has 1 aromatic heterocycles. The first-order valence-corrected chi connectivity index (χ1v) is 13.9. The molecule has 0 bridgehead atoms. The largest absolute Gasteiger partial charge is 0.494 e. The van der Waals surface area contributed by atoms with Gasteiger partial charge in [-0.15, -0.1) is 0 Å². The summed E-state index contributed by atoms with van der Waals surface area (Å²) >= 11 is 0. The van der Waals surface area contributed by atoms with Crippen LogP contribution in [0.25, 0.3) is 0 Å². The van der Waals surface area contributed by atoms with Gasteiger partial charge in [0.2, 0.25) is 17.6 Å². The predicted octanol–water partition coefficient (Wildman–Crippen LogP) is 3.51. The fourth-order valence-electron chi connectivity index (χ4n) is 4.70. The normalized spacial score (nSPS) is 13.5. The van der Waals surface area contributed by atoms with Crippen molar-refractivity contribution in [2.45, 2.75) is 18.9 Å². The van der Waals surface area contributed by atoms with Gasteiger partial charge in [-0.2, -0.15) is 0 Å². The van der Waals surface area contributed by atoms with Crippen LogP contribution in [-0.2, 0) is 4.79 Å². The summed E-state index contributed by atoms with van der Waals surface area (Å²) in [5, 5.41) is 6.03. The van der Waals surface area contributed by atoms with Crippen molar-refractivity contribution >= 4 is 40.4 Å². The summed E-state index contributed by atoms with van der Waals surface area (Å²) in [4.78, 5) is 40.7. The number of ketones is 1. The van der Waals surface area contributed by atoms with E-state index in [1.54, 1.807) is 19.2 Å². The van der Waals surface area contributed by atoms with Crippen molar-refractivity contribution in [2.24, 2.45) is 5.73 Å². The number of nitrogens with one attached hydrogen (secondary N) is 2. The second-order valence-corrected chi connectivity index (χ2v) is 10.6. The SMILES string of the molecule is C=CC(=O)Nc1cc(Nc2nccc(C(=O)c3ccc(N4CCC(N)CC4)cc3)n2)c(OC)cc1N(C)CCN(C)C. The van der Waals surface area contributed by atoms with Crippen LogP contribution in [0.2, 0.25) is 0 Å². The van der Waals surface area contributed by atoms with Crippen molar-refractivity contribution in [1.29, 1.82) is 0 Å². The molecular formula is C31H40N8O3. The molecule has 0 unspecified atom stereocenters. The summed E-state index contributed by atoms with van der Waals surface area (Å²) in [6.07, 6.45) is 4.66. The van der Waals surface area contributed by atoms with Crippen molar-refractivity contribution < 1.29 is 14.3 Å². The maximum absolute atomic E-state index is 13.3. The van der Waals surface area contributed by atoms with Gasteiger partial charge >= 0.3 is 0 Å². The minimum Gasteiger partial charge on any atom is -0.494 e. The molecule has 2 aromatic carbocycles. The van der Waals surface area contributed by atoms with Gasteiger partial charge in [0.05, 0.1) is 24.2 Å². The second-order valence-electron chi connectivity index (χ2n) is 10.6. The van der Waals surface area contributed by atoms with E-state index < -0.39 is 0 Å². The fourth-order valence-corrected chi connectivity index (χ4v) is 4.70. The summed E-state index contributed by atoms with van der Waals surface area (Å²) < 4.78 is 5.67. The monoisotopic (exact) mass is 572 g/mol. The predicted molar refractivity (Wildman–Crippen MR) is 168 cm³/mol. The number of likely N-dealkylation sites (N-methyl/N-ethyl adjacent to an activating group) is 2. The molecule has 0 radical (unpaired) electrons.